The first-order valence-electron chi connectivity index (χ1n) is 4.70. The number of aryl methyl sites for hydroxylation is 1. The maximum atomic E-state index is 13.0. The lowest BCUT2D eigenvalue weighted by Gasteiger charge is -2.06. The van der Waals surface area contributed by atoms with E-state index < -0.39 is 0 Å². The number of halogens is 2. The van der Waals surface area contributed by atoms with Gasteiger partial charge in [-0.3, -0.25) is 4.98 Å². The number of aromatic nitrogens is 1. The SMILES string of the molecule is Cc1cc(Oc2cncc(Br)c2)ccc1F. The zero-order valence-electron chi connectivity index (χ0n) is 8.58. The van der Waals surface area contributed by atoms with Gasteiger partial charge in [0.2, 0.25) is 0 Å². The van der Waals surface area contributed by atoms with Gasteiger partial charge in [-0.1, -0.05) is 0 Å². The third kappa shape index (κ3) is 2.58. The molecule has 82 valence electrons. The lowest BCUT2D eigenvalue weighted by Crippen LogP contribution is -1.88. The maximum absolute atomic E-state index is 13.0. The highest BCUT2D eigenvalue weighted by Gasteiger charge is 2.02. The molecule has 0 aliphatic heterocycles. The first kappa shape index (κ1) is 11.1. The Bertz CT molecular complexity index is 516. The first-order chi connectivity index (χ1) is 7.65. The molecule has 4 heteroatoms. The third-order valence-corrected chi connectivity index (χ3v) is 2.48. The van der Waals surface area contributed by atoms with Crippen molar-refractivity contribution in [3.8, 4) is 11.5 Å². The van der Waals surface area contributed by atoms with Crippen LogP contribution in [-0.4, -0.2) is 4.98 Å². The van der Waals surface area contributed by atoms with Gasteiger partial charge in [0.15, 0.2) is 0 Å². The van der Waals surface area contributed by atoms with E-state index in [1.54, 1.807) is 37.5 Å². The molecule has 2 nitrogen and oxygen atoms in total. The van der Waals surface area contributed by atoms with E-state index in [4.69, 9.17) is 4.74 Å². The molecule has 0 spiro atoms. The van der Waals surface area contributed by atoms with Crippen LogP contribution in [0.2, 0.25) is 0 Å². The van der Waals surface area contributed by atoms with Crippen LogP contribution in [0, 0.1) is 12.7 Å². The smallest absolute Gasteiger partial charge is 0.146 e. The van der Waals surface area contributed by atoms with E-state index in [2.05, 4.69) is 20.9 Å². The normalized spacial score (nSPS) is 10.2. The molecule has 16 heavy (non-hydrogen) atoms. The molecular weight excluding hydrogens is 273 g/mol. The Morgan fingerprint density at radius 3 is 2.69 bits per heavy atom. The van der Waals surface area contributed by atoms with Crippen molar-refractivity contribution in [2.75, 3.05) is 0 Å². The lowest BCUT2D eigenvalue weighted by molar-refractivity contribution is 0.477. The van der Waals surface area contributed by atoms with Crippen LogP contribution in [0.1, 0.15) is 5.56 Å². The minimum absolute atomic E-state index is 0.236. The molecular formula is C12H9BrFNO. The van der Waals surface area contributed by atoms with Gasteiger partial charge in [0, 0.05) is 10.7 Å². The molecule has 0 bridgehead atoms. The fraction of sp³-hybridized carbons (Fsp3) is 0.0833. The van der Waals surface area contributed by atoms with Crippen molar-refractivity contribution in [1.82, 2.24) is 4.98 Å². The van der Waals surface area contributed by atoms with Gasteiger partial charge < -0.3 is 4.74 Å². The predicted molar refractivity (Wildman–Crippen MR) is 63.1 cm³/mol. The summed E-state index contributed by atoms with van der Waals surface area (Å²) in [5.74, 6) is 0.971. The Morgan fingerprint density at radius 1 is 1.19 bits per heavy atom. The van der Waals surface area contributed by atoms with Gasteiger partial charge >= 0.3 is 0 Å². The van der Waals surface area contributed by atoms with Gasteiger partial charge in [-0.15, -0.1) is 0 Å². The summed E-state index contributed by atoms with van der Waals surface area (Å²) < 4.78 is 19.4. The van der Waals surface area contributed by atoms with E-state index >= 15 is 0 Å². The summed E-state index contributed by atoms with van der Waals surface area (Å²) in [6.45, 7) is 1.70. The largest absolute Gasteiger partial charge is 0.456 e. The molecule has 0 amide bonds. The zero-order chi connectivity index (χ0) is 11.5. The Balaban J connectivity index is 2.24. The second kappa shape index (κ2) is 4.61. The zero-order valence-corrected chi connectivity index (χ0v) is 10.2. The van der Waals surface area contributed by atoms with Crippen LogP contribution >= 0.6 is 15.9 Å². The molecule has 0 saturated heterocycles. The number of pyridine rings is 1. The highest BCUT2D eigenvalue weighted by atomic mass is 79.9. The standard InChI is InChI=1S/C12H9BrFNO/c1-8-4-10(2-3-12(8)14)16-11-5-9(13)6-15-7-11/h2-7H,1H3. The summed E-state index contributed by atoms with van der Waals surface area (Å²) in [4.78, 5) is 3.97. The molecule has 0 aliphatic rings. The molecule has 1 heterocycles. The Kier molecular flexibility index (Phi) is 3.19. The Morgan fingerprint density at radius 2 is 2.00 bits per heavy atom. The molecule has 0 N–H and O–H groups in total. The number of rotatable bonds is 2. The fourth-order valence-electron chi connectivity index (χ4n) is 1.26. The van der Waals surface area contributed by atoms with E-state index in [0.717, 1.165) is 4.47 Å². The second-order valence-electron chi connectivity index (χ2n) is 3.35. The van der Waals surface area contributed by atoms with Crippen molar-refractivity contribution in [1.29, 1.82) is 0 Å². The number of nitrogens with zero attached hydrogens (tertiary/aromatic N) is 1. The summed E-state index contributed by atoms with van der Waals surface area (Å²) in [6, 6.07) is 6.42. The Hall–Kier alpha value is -1.42. The van der Waals surface area contributed by atoms with Crippen LogP contribution in [0.4, 0.5) is 4.39 Å². The topological polar surface area (TPSA) is 22.1 Å². The summed E-state index contributed by atoms with van der Waals surface area (Å²) >= 11 is 3.30. The van der Waals surface area contributed by atoms with Gasteiger partial charge in [0.25, 0.3) is 0 Å². The number of benzene rings is 1. The van der Waals surface area contributed by atoms with Crippen LogP contribution in [0.3, 0.4) is 0 Å². The number of hydrogen-bond donors (Lipinski definition) is 0. The fourth-order valence-corrected chi connectivity index (χ4v) is 1.61. The summed E-state index contributed by atoms with van der Waals surface area (Å²) in [7, 11) is 0. The molecule has 0 unspecified atom stereocenters. The summed E-state index contributed by atoms with van der Waals surface area (Å²) in [6.07, 6.45) is 3.27. The molecule has 0 radical (unpaired) electrons. The van der Waals surface area contributed by atoms with Crippen LogP contribution in [0.5, 0.6) is 11.5 Å². The molecule has 2 rings (SSSR count). The molecule has 0 atom stereocenters. The van der Waals surface area contributed by atoms with Gasteiger partial charge in [-0.05, 0) is 52.7 Å². The van der Waals surface area contributed by atoms with Crippen LogP contribution < -0.4 is 4.74 Å². The molecule has 1 aromatic carbocycles. The average Bonchev–Trinajstić information content (AvgIpc) is 2.24. The third-order valence-electron chi connectivity index (χ3n) is 2.04. The molecule has 0 saturated carbocycles. The average molecular weight is 282 g/mol. The van der Waals surface area contributed by atoms with Gasteiger partial charge in [-0.2, -0.15) is 0 Å². The van der Waals surface area contributed by atoms with Crippen molar-refractivity contribution < 1.29 is 9.13 Å². The lowest BCUT2D eigenvalue weighted by atomic mass is 10.2. The summed E-state index contributed by atoms with van der Waals surface area (Å²) in [5.41, 5.74) is 0.556. The van der Waals surface area contributed by atoms with Crippen molar-refractivity contribution in [3.05, 3.63) is 52.5 Å². The van der Waals surface area contributed by atoms with Crippen molar-refractivity contribution >= 4 is 15.9 Å². The van der Waals surface area contributed by atoms with E-state index in [9.17, 15) is 4.39 Å². The minimum Gasteiger partial charge on any atom is -0.456 e. The van der Waals surface area contributed by atoms with Crippen LogP contribution in [0.15, 0.2) is 41.1 Å². The predicted octanol–water partition coefficient (Wildman–Crippen LogP) is 4.08. The number of hydrogen-bond acceptors (Lipinski definition) is 2. The van der Waals surface area contributed by atoms with Crippen molar-refractivity contribution in [2.45, 2.75) is 6.92 Å². The quantitative estimate of drug-likeness (QED) is 0.827. The van der Waals surface area contributed by atoms with Gasteiger partial charge in [0.1, 0.15) is 17.3 Å². The molecule has 1 aromatic heterocycles. The van der Waals surface area contributed by atoms with E-state index in [1.807, 2.05) is 0 Å². The summed E-state index contributed by atoms with van der Waals surface area (Å²) in [5, 5.41) is 0. The molecule has 0 fully saturated rings. The minimum atomic E-state index is -0.236. The molecule has 2 aromatic rings. The molecule has 0 aliphatic carbocycles. The number of ether oxygens (including phenoxy) is 1. The van der Waals surface area contributed by atoms with Gasteiger partial charge in [0.05, 0.1) is 6.20 Å². The van der Waals surface area contributed by atoms with E-state index in [0.29, 0.717) is 17.1 Å². The van der Waals surface area contributed by atoms with E-state index in [-0.39, 0.29) is 5.82 Å². The first-order valence-corrected chi connectivity index (χ1v) is 5.49. The van der Waals surface area contributed by atoms with Crippen molar-refractivity contribution in [2.24, 2.45) is 0 Å². The second-order valence-corrected chi connectivity index (χ2v) is 4.27. The van der Waals surface area contributed by atoms with Crippen LogP contribution in [0.25, 0.3) is 0 Å². The van der Waals surface area contributed by atoms with Crippen LogP contribution in [-0.2, 0) is 0 Å². The highest BCUT2D eigenvalue weighted by Crippen LogP contribution is 2.24. The van der Waals surface area contributed by atoms with Crippen molar-refractivity contribution in [3.63, 3.8) is 0 Å². The highest BCUT2D eigenvalue weighted by molar-refractivity contribution is 9.10. The van der Waals surface area contributed by atoms with Gasteiger partial charge in [-0.25, -0.2) is 4.39 Å². The Labute approximate surface area is 101 Å². The van der Waals surface area contributed by atoms with E-state index in [1.165, 1.54) is 6.07 Å². The monoisotopic (exact) mass is 281 g/mol. The maximum Gasteiger partial charge on any atom is 0.146 e.